The number of rotatable bonds is 5. The summed E-state index contributed by atoms with van der Waals surface area (Å²) in [6.45, 7) is 0.429. The number of aromatic amines is 1. The molecular formula is C20H17N5O. The van der Waals surface area contributed by atoms with Gasteiger partial charge in [-0.15, -0.1) is 0 Å². The third-order valence-corrected chi connectivity index (χ3v) is 4.11. The fourth-order valence-corrected chi connectivity index (χ4v) is 2.82. The maximum Gasteiger partial charge on any atom is 0.251 e. The van der Waals surface area contributed by atoms with Crippen molar-refractivity contribution in [2.24, 2.45) is 0 Å². The van der Waals surface area contributed by atoms with Crippen LogP contribution in [0.3, 0.4) is 0 Å². The zero-order valence-corrected chi connectivity index (χ0v) is 14.0. The Hall–Kier alpha value is -3.67. The molecule has 0 saturated carbocycles. The summed E-state index contributed by atoms with van der Waals surface area (Å²) in [4.78, 5) is 23.9. The molecule has 0 aliphatic carbocycles. The molecule has 4 aromatic rings. The number of carbonyl (C=O) groups excluding carboxylic acids is 1. The van der Waals surface area contributed by atoms with Gasteiger partial charge in [-0.25, -0.2) is 9.97 Å². The third-order valence-electron chi connectivity index (χ3n) is 4.11. The lowest BCUT2D eigenvalue weighted by atomic mass is 10.1. The molecule has 2 N–H and O–H groups in total. The number of aromatic nitrogens is 4. The van der Waals surface area contributed by atoms with Gasteiger partial charge < -0.3 is 14.9 Å². The van der Waals surface area contributed by atoms with E-state index >= 15 is 0 Å². The number of nitrogens with one attached hydrogen (secondary N) is 2. The van der Waals surface area contributed by atoms with E-state index in [1.165, 1.54) is 0 Å². The van der Waals surface area contributed by atoms with Gasteiger partial charge in [0.05, 0.1) is 12.0 Å². The first-order chi connectivity index (χ1) is 12.8. The standard InChI is InChI=1S/C20H17N5O/c26-20(16-6-3-5-15(12-16)19-22-8-9-23-19)24-13-17-4-1-2-7-18(17)25-11-10-21-14-25/h1-12,14H,13H2,(H,22,23)(H,24,26). The van der Waals surface area contributed by atoms with E-state index in [0.717, 1.165) is 22.6 Å². The largest absolute Gasteiger partial charge is 0.348 e. The average Bonchev–Trinajstić information content (AvgIpc) is 3.40. The topological polar surface area (TPSA) is 75.6 Å². The molecule has 0 saturated heterocycles. The van der Waals surface area contributed by atoms with E-state index in [4.69, 9.17) is 0 Å². The molecule has 128 valence electrons. The lowest BCUT2D eigenvalue weighted by Crippen LogP contribution is -2.23. The van der Waals surface area contributed by atoms with Gasteiger partial charge in [0, 0.05) is 42.5 Å². The molecule has 26 heavy (non-hydrogen) atoms. The molecule has 0 atom stereocenters. The van der Waals surface area contributed by atoms with Crippen molar-refractivity contribution in [3.8, 4) is 17.1 Å². The summed E-state index contributed by atoms with van der Waals surface area (Å²) < 4.78 is 1.93. The summed E-state index contributed by atoms with van der Waals surface area (Å²) in [5.41, 5.74) is 3.48. The maximum atomic E-state index is 12.6. The van der Waals surface area contributed by atoms with Crippen LogP contribution >= 0.6 is 0 Å². The molecule has 2 aromatic carbocycles. The number of carbonyl (C=O) groups is 1. The number of para-hydroxylation sites is 1. The van der Waals surface area contributed by atoms with Crippen LogP contribution in [0.2, 0.25) is 0 Å². The molecule has 0 radical (unpaired) electrons. The van der Waals surface area contributed by atoms with Crippen LogP contribution in [0.4, 0.5) is 0 Å². The Balaban J connectivity index is 1.51. The van der Waals surface area contributed by atoms with Gasteiger partial charge in [-0.3, -0.25) is 4.79 Å². The Morgan fingerprint density at radius 1 is 1.12 bits per heavy atom. The molecule has 0 bridgehead atoms. The molecule has 1 amide bonds. The van der Waals surface area contributed by atoms with Crippen molar-refractivity contribution in [2.45, 2.75) is 6.54 Å². The second-order valence-corrected chi connectivity index (χ2v) is 5.80. The smallest absolute Gasteiger partial charge is 0.251 e. The van der Waals surface area contributed by atoms with E-state index in [1.54, 1.807) is 31.0 Å². The quantitative estimate of drug-likeness (QED) is 0.584. The number of H-pyrrole nitrogens is 1. The van der Waals surface area contributed by atoms with E-state index in [0.29, 0.717) is 12.1 Å². The monoisotopic (exact) mass is 343 g/mol. The molecule has 0 aliphatic rings. The van der Waals surface area contributed by atoms with Crippen molar-refractivity contribution >= 4 is 5.91 Å². The first kappa shape index (κ1) is 15.8. The van der Waals surface area contributed by atoms with Gasteiger partial charge in [-0.05, 0) is 23.8 Å². The fraction of sp³-hybridized carbons (Fsp3) is 0.0500. The summed E-state index contributed by atoms with van der Waals surface area (Å²) in [6, 6.07) is 15.3. The number of hydrogen-bond donors (Lipinski definition) is 2. The molecule has 6 heteroatoms. The van der Waals surface area contributed by atoms with Crippen LogP contribution in [0.5, 0.6) is 0 Å². The number of amides is 1. The Labute approximate surface area is 150 Å². The summed E-state index contributed by atoms with van der Waals surface area (Å²) in [5.74, 6) is 0.615. The Bertz CT molecular complexity index is 1010. The van der Waals surface area contributed by atoms with Gasteiger partial charge in [0.1, 0.15) is 5.82 Å². The van der Waals surface area contributed by atoms with Gasteiger partial charge >= 0.3 is 0 Å². The number of nitrogens with zero attached hydrogens (tertiary/aromatic N) is 3. The summed E-state index contributed by atoms with van der Waals surface area (Å²) in [7, 11) is 0. The molecule has 0 fully saturated rings. The number of hydrogen-bond acceptors (Lipinski definition) is 3. The summed E-state index contributed by atoms with van der Waals surface area (Å²) in [6.07, 6.45) is 8.81. The van der Waals surface area contributed by atoms with Crippen LogP contribution in [0.15, 0.2) is 79.6 Å². The van der Waals surface area contributed by atoms with Gasteiger partial charge in [-0.2, -0.15) is 0 Å². The van der Waals surface area contributed by atoms with E-state index in [1.807, 2.05) is 53.2 Å². The van der Waals surface area contributed by atoms with Gasteiger partial charge in [0.2, 0.25) is 0 Å². The van der Waals surface area contributed by atoms with Crippen LogP contribution in [0.25, 0.3) is 17.1 Å². The minimum atomic E-state index is -0.126. The first-order valence-corrected chi connectivity index (χ1v) is 8.25. The lowest BCUT2D eigenvalue weighted by Gasteiger charge is -2.11. The van der Waals surface area contributed by atoms with E-state index in [-0.39, 0.29) is 5.91 Å². The van der Waals surface area contributed by atoms with Crippen molar-refractivity contribution in [3.05, 3.63) is 90.8 Å². The van der Waals surface area contributed by atoms with Crippen molar-refractivity contribution in [3.63, 3.8) is 0 Å². The fourth-order valence-electron chi connectivity index (χ4n) is 2.82. The highest BCUT2D eigenvalue weighted by Gasteiger charge is 2.10. The zero-order valence-electron chi connectivity index (χ0n) is 14.0. The molecule has 2 heterocycles. The van der Waals surface area contributed by atoms with Gasteiger partial charge in [0.25, 0.3) is 5.91 Å². The molecule has 0 unspecified atom stereocenters. The van der Waals surface area contributed by atoms with Crippen molar-refractivity contribution < 1.29 is 4.79 Å². The Morgan fingerprint density at radius 2 is 2.04 bits per heavy atom. The van der Waals surface area contributed by atoms with Crippen LogP contribution in [0, 0.1) is 0 Å². The van der Waals surface area contributed by atoms with E-state index in [9.17, 15) is 4.79 Å². The van der Waals surface area contributed by atoms with Crippen molar-refractivity contribution in [2.75, 3.05) is 0 Å². The molecule has 2 aromatic heterocycles. The van der Waals surface area contributed by atoms with Crippen LogP contribution in [0.1, 0.15) is 15.9 Å². The second kappa shape index (κ2) is 7.06. The minimum Gasteiger partial charge on any atom is -0.348 e. The predicted octanol–water partition coefficient (Wildman–Crippen LogP) is 3.19. The SMILES string of the molecule is O=C(NCc1ccccc1-n1ccnc1)c1cccc(-c2ncc[nH]2)c1. The average molecular weight is 343 g/mol. The van der Waals surface area contributed by atoms with E-state index in [2.05, 4.69) is 20.3 Å². The summed E-state index contributed by atoms with van der Waals surface area (Å²) in [5, 5.41) is 2.99. The Morgan fingerprint density at radius 3 is 2.85 bits per heavy atom. The number of imidazole rings is 2. The molecule has 6 nitrogen and oxygen atoms in total. The normalized spacial score (nSPS) is 10.6. The highest BCUT2D eigenvalue weighted by atomic mass is 16.1. The van der Waals surface area contributed by atoms with Crippen molar-refractivity contribution in [1.29, 1.82) is 0 Å². The third kappa shape index (κ3) is 3.25. The Kier molecular flexibility index (Phi) is 4.30. The van der Waals surface area contributed by atoms with Crippen LogP contribution in [-0.2, 0) is 6.54 Å². The number of benzene rings is 2. The van der Waals surface area contributed by atoms with E-state index < -0.39 is 0 Å². The van der Waals surface area contributed by atoms with Crippen molar-refractivity contribution in [1.82, 2.24) is 24.8 Å². The summed E-state index contributed by atoms with van der Waals surface area (Å²) >= 11 is 0. The molecule has 4 rings (SSSR count). The molecule has 0 spiro atoms. The lowest BCUT2D eigenvalue weighted by molar-refractivity contribution is 0.0951. The molecular weight excluding hydrogens is 326 g/mol. The minimum absolute atomic E-state index is 0.126. The highest BCUT2D eigenvalue weighted by Crippen LogP contribution is 2.17. The van der Waals surface area contributed by atoms with Crippen LogP contribution < -0.4 is 5.32 Å². The van der Waals surface area contributed by atoms with Gasteiger partial charge in [-0.1, -0.05) is 30.3 Å². The maximum absolute atomic E-state index is 12.6. The van der Waals surface area contributed by atoms with Gasteiger partial charge in [0.15, 0.2) is 0 Å². The predicted molar refractivity (Wildman–Crippen MR) is 98.8 cm³/mol. The highest BCUT2D eigenvalue weighted by molar-refractivity contribution is 5.95. The first-order valence-electron chi connectivity index (χ1n) is 8.25. The molecule has 0 aliphatic heterocycles. The second-order valence-electron chi connectivity index (χ2n) is 5.80. The van der Waals surface area contributed by atoms with Crippen LogP contribution in [-0.4, -0.2) is 25.4 Å². The zero-order chi connectivity index (χ0) is 17.8.